The zero-order valence-corrected chi connectivity index (χ0v) is 13.7. The molecule has 23 heavy (non-hydrogen) atoms. The fourth-order valence-electron chi connectivity index (χ4n) is 2.64. The van der Waals surface area contributed by atoms with Gasteiger partial charge in [0.15, 0.2) is 0 Å². The van der Waals surface area contributed by atoms with Crippen LogP contribution in [0.25, 0.3) is 0 Å². The summed E-state index contributed by atoms with van der Waals surface area (Å²) in [6, 6.07) is 5.24. The van der Waals surface area contributed by atoms with Crippen LogP contribution in [0.4, 0.5) is 0 Å². The minimum atomic E-state index is -0.760. The first kappa shape index (κ1) is 17.6. The maximum absolute atomic E-state index is 11.9. The van der Waals surface area contributed by atoms with E-state index in [4.69, 9.17) is 14.2 Å². The van der Waals surface area contributed by atoms with Gasteiger partial charge in [0.2, 0.25) is 5.91 Å². The van der Waals surface area contributed by atoms with E-state index < -0.39 is 6.10 Å². The lowest BCUT2D eigenvalue weighted by Gasteiger charge is -2.16. The van der Waals surface area contributed by atoms with E-state index in [1.165, 1.54) is 0 Å². The van der Waals surface area contributed by atoms with Gasteiger partial charge in [-0.05, 0) is 31.4 Å². The first-order valence-electron chi connectivity index (χ1n) is 7.92. The van der Waals surface area contributed by atoms with E-state index in [1.54, 1.807) is 32.4 Å². The van der Waals surface area contributed by atoms with Crippen molar-refractivity contribution in [2.45, 2.75) is 37.9 Å². The van der Waals surface area contributed by atoms with Gasteiger partial charge < -0.3 is 24.6 Å². The van der Waals surface area contributed by atoms with Crippen LogP contribution < -0.4 is 14.8 Å². The van der Waals surface area contributed by atoms with Crippen LogP contribution in [0.15, 0.2) is 18.2 Å². The molecule has 2 rings (SSSR count). The monoisotopic (exact) mass is 323 g/mol. The standard InChI is InChI=1S/C17H25NO5/c1-21-12-5-6-14(16(10-12)22-2)15(19)7-8-17(20)18-11-13-4-3-9-23-13/h5-6,10,13,15,19H,3-4,7-9,11H2,1-2H3,(H,18,20). The van der Waals surface area contributed by atoms with Crippen molar-refractivity contribution in [3.8, 4) is 11.5 Å². The van der Waals surface area contributed by atoms with Crippen LogP contribution in [0.3, 0.4) is 0 Å². The summed E-state index contributed by atoms with van der Waals surface area (Å²) >= 11 is 0. The summed E-state index contributed by atoms with van der Waals surface area (Å²) < 4.78 is 15.9. The third-order valence-electron chi connectivity index (χ3n) is 4.00. The number of rotatable bonds is 8. The summed E-state index contributed by atoms with van der Waals surface area (Å²) in [5.74, 6) is 1.13. The van der Waals surface area contributed by atoms with E-state index in [9.17, 15) is 9.90 Å². The number of aliphatic hydroxyl groups is 1. The zero-order valence-electron chi connectivity index (χ0n) is 13.7. The Kier molecular flexibility index (Phi) is 6.67. The number of methoxy groups -OCH3 is 2. The molecule has 0 spiro atoms. The van der Waals surface area contributed by atoms with Gasteiger partial charge in [-0.2, -0.15) is 0 Å². The van der Waals surface area contributed by atoms with Crippen LogP contribution in [0.2, 0.25) is 0 Å². The Morgan fingerprint density at radius 2 is 2.26 bits per heavy atom. The van der Waals surface area contributed by atoms with Crippen molar-refractivity contribution in [1.29, 1.82) is 0 Å². The van der Waals surface area contributed by atoms with Gasteiger partial charge in [-0.1, -0.05) is 0 Å². The number of carbonyl (C=O) groups is 1. The van der Waals surface area contributed by atoms with Crippen molar-refractivity contribution < 1.29 is 24.1 Å². The minimum absolute atomic E-state index is 0.0768. The highest BCUT2D eigenvalue weighted by Gasteiger charge is 2.18. The average molecular weight is 323 g/mol. The molecular formula is C17H25NO5. The molecule has 1 aliphatic heterocycles. The molecule has 1 aliphatic rings. The smallest absolute Gasteiger partial charge is 0.220 e. The normalized spacial score (nSPS) is 18.5. The van der Waals surface area contributed by atoms with Crippen LogP contribution in [0, 0.1) is 0 Å². The van der Waals surface area contributed by atoms with Gasteiger partial charge in [0.05, 0.1) is 26.4 Å². The molecule has 0 bridgehead atoms. The third kappa shape index (κ3) is 5.11. The molecule has 1 fully saturated rings. The molecule has 1 amide bonds. The average Bonchev–Trinajstić information content (AvgIpc) is 3.10. The fraction of sp³-hybridized carbons (Fsp3) is 0.588. The second kappa shape index (κ2) is 8.74. The van der Waals surface area contributed by atoms with Crippen molar-refractivity contribution in [2.24, 2.45) is 0 Å². The second-order valence-electron chi connectivity index (χ2n) is 5.60. The lowest BCUT2D eigenvalue weighted by atomic mass is 10.0. The Bertz CT molecular complexity index is 514. The Hall–Kier alpha value is -1.79. The highest BCUT2D eigenvalue weighted by atomic mass is 16.5. The quantitative estimate of drug-likeness (QED) is 0.763. The molecule has 128 valence electrons. The van der Waals surface area contributed by atoms with E-state index in [0.717, 1.165) is 19.4 Å². The zero-order chi connectivity index (χ0) is 16.7. The molecule has 1 heterocycles. The molecule has 0 saturated carbocycles. The van der Waals surface area contributed by atoms with Gasteiger partial charge in [-0.25, -0.2) is 0 Å². The topological polar surface area (TPSA) is 77.0 Å². The largest absolute Gasteiger partial charge is 0.497 e. The van der Waals surface area contributed by atoms with E-state index >= 15 is 0 Å². The maximum atomic E-state index is 11.9. The molecule has 0 aromatic heterocycles. The summed E-state index contributed by atoms with van der Waals surface area (Å²) in [5, 5.41) is 13.2. The number of carbonyl (C=O) groups excluding carboxylic acids is 1. The first-order valence-corrected chi connectivity index (χ1v) is 7.92. The molecule has 2 unspecified atom stereocenters. The molecule has 6 heteroatoms. The molecule has 0 aliphatic carbocycles. The number of nitrogens with one attached hydrogen (secondary N) is 1. The number of aliphatic hydroxyl groups excluding tert-OH is 1. The van der Waals surface area contributed by atoms with Crippen LogP contribution in [-0.4, -0.2) is 44.5 Å². The number of benzene rings is 1. The third-order valence-corrected chi connectivity index (χ3v) is 4.00. The molecule has 0 radical (unpaired) electrons. The van der Waals surface area contributed by atoms with Crippen molar-refractivity contribution >= 4 is 5.91 Å². The maximum Gasteiger partial charge on any atom is 0.220 e. The van der Waals surface area contributed by atoms with Gasteiger partial charge >= 0.3 is 0 Å². The SMILES string of the molecule is COc1ccc(C(O)CCC(=O)NCC2CCCO2)c(OC)c1. The predicted molar refractivity (Wildman–Crippen MR) is 85.7 cm³/mol. The van der Waals surface area contributed by atoms with Gasteiger partial charge in [0, 0.05) is 31.2 Å². The van der Waals surface area contributed by atoms with Crippen LogP contribution in [-0.2, 0) is 9.53 Å². The van der Waals surface area contributed by atoms with E-state index in [1.807, 2.05) is 0 Å². The minimum Gasteiger partial charge on any atom is -0.497 e. The molecule has 1 aromatic carbocycles. The summed E-state index contributed by atoms with van der Waals surface area (Å²) in [6.07, 6.45) is 2.00. The first-order chi connectivity index (χ1) is 11.1. The number of ether oxygens (including phenoxy) is 3. The number of hydrogen-bond donors (Lipinski definition) is 2. The van der Waals surface area contributed by atoms with Gasteiger partial charge in [-0.15, -0.1) is 0 Å². The van der Waals surface area contributed by atoms with E-state index in [0.29, 0.717) is 30.0 Å². The second-order valence-corrected chi connectivity index (χ2v) is 5.60. The van der Waals surface area contributed by atoms with E-state index in [-0.39, 0.29) is 18.4 Å². The Balaban J connectivity index is 1.81. The molecule has 1 saturated heterocycles. The summed E-state index contributed by atoms with van der Waals surface area (Å²) in [4.78, 5) is 11.9. The van der Waals surface area contributed by atoms with Crippen LogP contribution in [0.1, 0.15) is 37.4 Å². The predicted octanol–water partition coefficient (Wildman–Crippen LogP) is 1.81. The van der Waals surface area contributed by atoms with Gasteiger partial charge in [0.25, 0.3) is 0 Å². The Morgan fingerprint density at radius 1 is 1.43 bits per heavy atom. The van der Waals surface area contributed by atoms with Crippen molar-refractivity contribution in [3.63, 3.8) is 0 Å². The summed E-state index contributed by atoms with van der Waals surface area (Å²) in [7, 11) is 3.11. The Labute approximate surface area is 136 Å². The summed E-state index contributed by atoms with van der Waals surface area (Å²) in [6.45, 7) is 1.32. The molecular weight excluding hydrogens is 298 g/mol. The fourth-order valence-corrected chi connectivity index (χ4v) is 2.64. The van der Waals surface area contributed by atoms with Crippen molar-refractivity contribution in [2.75, 3.05) is 27.4 Å². The summed E-state index contributed by atoms with van der Waals surface area (Å²) in [5.41, 5.74) is 0.653. The van der Waals surface area contributed by atoms with Crippen molar-refractivity contribution in [3.05, 3.63) is 23.8 Å². The van der Waals surface area contributed by atoms with E-state index in [2.05, 4.69) is 5.32 Å². The number of hydrogen-bond acceptors (Lipinski definition) is 5. The van der Waals surface area contributed by atoms with Crippen LogP contribution >= 0.6 is 0 Å². The number of amides is 1. The molecule has 2 atom stereocenters. The lowest BCUT2D eigenvalue weighted by molar-refractivity contribution is -0.122. The highest BCUT2D eigenvalue weighted by molar-refractivity contribution is 5.75. The van der Waals surface area contributed by atoms with Crippen LogP contribution in [0.5, 0.6) is 11.5 Å². The molecule has 2 N–H and O–H groups in total. The van der Waals surface area contributed by atoms with Gasteiger partial charge in [-0.3, -0.25) is 4.79 Å². The Morgan fingerprint density at radius 3 is 2.91 bits per heavy atom. The highest BCUT2D eigenvalue weighted by Crippen LogP contribution is 2.31. The molecule has 6 nitrogen and oxygen atoms in total. The van der Waals surface area contributed by atoms with Gasteiger partial charge in [0.1, 0.15) is 11.5 Å². The molecule has 1 aromatic rings. The van der Waals surface area contributed by atoms with Crippen molar-refractivity contribution in [1.82, 2.24) is 5.32 Å². The lowest BCUT2D eigenvalue weighted by Crippen LogP contribution is -2.31.